The Balaban J connectivity index is 1.62. The Bertz CT molecular complexity index is 740. The Kier molecular flexibility index (Phi) is 6.61. The molecule has 0 saturated carbocycles. The van der Waals surface area contributed by atoms with E-state index in [2.05, 4.69) is 30.1 Å². The van der Waals surface area contributed by atoms with E-state index >= 15 is 0 Å². The molecule has 5 heteroatoms. The van der Waals surface area contributed by atoms with Crippen LogP contribution in [0.4, 0.5) is 5.69 Å². The van der Waals surface area contributed by atoms with Gasteiger partial charge in [-0.3, -0.25) is 9.69 Å². The molecular weight excluding hydrogens is 338 g/mol. The third-order valence-corrected chi connectivity index (χ3v) is 4.81. The summed E-state index contributed by atoms with van der Waals surface area (Å²) in [6.45, 7) is 6.78. The molecule has 1 saturated heterocycles. The van der Waals surface area contributed by atoms with Gasteiger partial charge in [0.25, 0.3) is 0 Å². The summed E-state index contributed by atoms with van der Waals surface area (Å²) in [7, 11) is 0. The number of carbonyl (C=O) groups excluding carboxylic acids is 1. The number of rotatable bonds is 6. The van der Waals surface area contributed by atoms with Gasteiger partial charge in [-0.1, -0.05) is 48.5 Å². The molecule has 27 heavy (non-hydrogen) atoms. The van der Waals surface area contributed by atoms with Gasteiger partial charge >= 0.3 is 0 Å². The molecule has 0 bridgehead atoms. The van der Waals surface area contributed by atoms with Crippen molar-refractivity contribution in [3.8, 4) is 0 Å². The van der Waals surface area contributed by atoms with E-state index in [-0.39, 0.29) is 30.6 Å². The van der Waals surface area contributed by atoms with E-state index in [1.54, 1.807) is 0 Å². The quantitative estimate of drug-likeness (QED) is 0.822. The standard InChI is InChI=1S/C22H29N3O2/c1-16-13-25(14-17(2)27-16)15-19-10-6-7-11-21(19)24-22(26)12-20(23)18-8-4-3-5-9-18/h3-11,16-17,20H,12-15,23H2,1-2H3,(H,24,26). The highest BCUT2D eigenvalue weighted by Gasteiger charge is 2.23. The normalized spacial score (nSPS) is 21.6. The average molecular weight is 367 g/mol. The summed E-state index contributed by atoms with van der Waals surface area (Å²) in [6, 6.07) is 17.4. The molecule has 0 aliphatic carbocycles. The van der Waals surface area contributed by atoms with Gasteiger partial charge in [0, 0.05) is 37.8 Å². The van der Waals surface area contributed by atoms with Gasteiger partial charge < -0.3 is 15.8 Å². The first-order valence-electron chi connectivity index (χ1n) is 9.57. The maximum atomic E-state index is 12.5. The van der Waals surface area contributed by atoms with E-state index in [0.717, 1.165) is 36.4 Å². The van der Waals surface area contributed by atoms with Gasteiger partial charge in [-0.05, 0) is 31.0 Å². The number of nitrogens with two attached hydrogens (primary N) is 1. The van der Waals surface area contributed by atoms with Crippen LogP contribution in [0.2, 0.25) is 0 Å². The Morgan fingerprint density at radius 1 is 1.11 bits per heavy atom. The van der Waals surface area contributed by atoms with Crippen LogP contribution in [0.25, 0.3) is 0 Å². The highest BCUT2D eigenvalue weighted by atomic mass is 16.5. The number of carbonyl (C=O) groups is 1. The highest BCUT2D eigenvalue weighted by Crippen LogP contribution is 2.21. The number of nitrogens with one attached hydrogen (secondary N) is 1. The third-order valence-electron chi connectivity index (χ3n) is 4.81. The number of hydrogen-bond donors (Lipinski definition) is 2. The SMILES string of the molecule is CC1CN(Cc2ccccc2NC(=O)CC(N)c2ccccc2)CC(C)O1. The molecular formula is C22H29N3O2. The van der Waals surface area contributed by atoms with Crippen LogP contribution in [-0.4, -0.2) is 36.1 Å². The fourth-order valence-corrected chi connectivity index (χ4v) is 3.65. The molecule has 1 aliphatic rings. The molecule has 3 atom stereocenters. The minimum absolute atomic E-state index is 0.0671. The predicted molar refractivity (Wildman–Crippen MR) is 108 cm³/mol. The fourth-order valence-electron chi connectivity index (χ4n) is 3.65. The minimum atomic E-state index is -0.306. The van der Waals surface area contributed by atoms with E-state index in [1.165, 1.54) is 0 Å². The van der Waals surface area contributed by atoms with Crippen molar-refractivity contribution in [3.63, 3.8) is 0 Å². The number of morpholine rings is 1. The molecule has 1 fully saturated rings. The van der Waals surface area contributed by atoms with Gasteiger partial charge in [0.05, 0.1) is 12.2 Å². The van der Waals surface area contributed by atoms with E-state index in [1.807, 2.05) is 48.5 Å². The Morgan fingerprint density at radius 2 is 1.74 bits per heavy atom. The number of benzene rings is 2. The van der Waals surface area contributed by atoms with Crippen LogP contribution in [0.15, 0.2) is 54.6 Å². The van der Waals surface area contributed by atoms with Gasteiger partial charge in [-0.25, -0.2) is 0 Å². The second-order valence-electron chi connectivity index (χ2n) is 7.38. The maximum Gasteiger partial charge on any atom is 0.226 e. The van der Waals surface area contributed by atoms with Crippen molar-refractivity contribution in [2.75, 3.05) is 18.4 Å². The van der Waals surface area contributed by atoms with Crippen molar-refractivity contribution >= 4 is 11.6 Å². The molecule has 1 aliphatic heterocycles. The lowest BCUT2D eigenvalue weighted by molar-refractivity contribution is -0.116. The van der Waals surface area contributed by atoms with Crippen molar-refractivity contribution in [1.82, 2.24) is 4.90 Å². The molecule has 3 unspecified atom stereocenters. The topological polar surface area (TPSA) is 67.6 Å². The first-order valence-corrected chi connectivity index (χ1v) is 9.57. The molecule has 3 rings (SSSR count). The van der Waals surface area contributed by atoms with Crippen LogP contribution >= 0.6 is 0 Å². The zero-order valence-electron chi connectivity index (χ0n) is 16.1. The van der Waals surface area contributed by atoms with Gasteiger partial charge in [0.1, 0.15) is 0 Å². The van der Waals surface area contributed by atoms with Crippen LogP contribution in [0, 0.1) is 0 Å². The Labute approximate surface area is 161 Å². The van der Waals surface area contributed by atoms with Gasteiger partial charge in [-0.15, -0.1) is 0 Å². The molecule has 144 valence electrons. The van der Waals surface area contributed by atoms with Gasteiger partial charge in [0.15, 0.2) is 0 Å². The molecule has 3 N–H and O–H groups in total. The molecule has 1 heterocycles. The van der Waals surface area contributed by atoms with Crippen molar-refractivity contribution in [2.24, 2.45) is 5.73 Å². The van der Waals surface area contributed by atoms with Crippen molar-refractivity contribution in [1.29, 1.82) is 0 Å². The van der Waals surface area contributed by atoms with E-state index in [9.17, 15) is 4.79 Å². The number of hydrogen-bond acceptors (Lipinski definition) is 4. The molecule has 0 aromatic heterocycles. The second-order valence-corrected chi connectivity index (χ2v) is 7.38. The molecule has 2 aromatic carbocycles. The number of anilines is 1. The smallest absolute Gasteiger partial charge is 0.226 e. The summed E-state index contributed by atoms with van der Waals surface area (Å²) in [5, 5.41) is 3.05. The van der Waals surface area contributed by atoms with E-state index < -0.39 is 0 Å². The van der Waals surface area contributed by atoms with E-state index in [0.29, 0.717) is 0 Å². The van der Waals surface area contributed by atoms with Crippen LogP contribution < -0.4 is 11.1 Å². The zero-order chi connectivity index (χ0) is 19.2. The summed E-state index contributed by atoms with van der Waals surface area (Å²) in [5.74, 6) is -0.0671. The number of ether oxygens (including phenoxy) is 1. The van der Waals surface area contributed by atoms with Gasteiger partial charge in [0.2, 0.25) is 5.91 Å². The summed E-state index contributed by atoms with van der Waals surface area (Å²) < 4.78 is 5.81. The highest BCUT2D eigenvalue weighted by molar-refractivity contribution is 5.92. The fraction of sp³-hybridized carbons (Fsp3) is 0.409. The maximum absolute atomic E-state index is 12.5. The third kappa shape index (κ3) is 5.63. The van der Waals surface area contributed by atoms with Gasteiger partial charge in [-0.2, -0.15) is 0 Å². The molecule has 1 amide bonds. The van der Waals surface area contributed by atoms with Crippen molar-refractivity contribution in [2.45, 2.75) is 45.1 Å². The summed E-state index contributed by atoms with van der Waals surface area (Å²) in [6.07, 6.45) is 0.697. The van der Waals surface area contributed by atoms with Crippen molar-refractivity contribution < 1.29 is 9.53 Å². The molecule has 2 aromatic rings. The number of para-hydroxylation sites is 1. The summed E-state index contributed by atoms with van der Waals surface area (Å²) in [5.41, 5.74) is 9.12. The molecule has 0 radical (unpaired) electrons. The lowest BCUT2D eigenvalue weighted by atomic mass is 10.0. The monoisotopic (exact) mass is 367 g/mol. The summed E-state index contributed by atoms with van der Waals surface area (Å²) in [4.78, 5) is 14.9. The summed E-state index contributed by atoms with van der Waals surface area (Å²) >= 11 is 0. The molecule has 0 spiro atoms. The minimum Gasteiger partial charge on any atom is -0.373 e. The van der Waals surface area contributed by atoms with Crippen molar-refractivity contribution in [3.05, 3.63) is 65.7 Å². The average Bonchev–Trinajstić information content (AvgIpc) is 2.63. The second kappa shape index (κ2) is 9.13. The van der Waals surface area contributed by atoms with Crippen LogP contribution in [0.5, 0.6) is 0 Å². The number of amides is 1. The Morgan fingerprint density at radius 3 is 2.44 bits per heavy atom. The first kappa shape index (κ1) is 19.5. The van der Waals surface area contributed by atoms with Crippen LogP contribution in [0.1, 0.15) is 37.4 Å². The lowest BCUT2D eigenvalue weighted by Gasteiger charge is -2.35. The zero-order valence-corrected chi connectivity index (χ0v) is 16.1. The van der Waals surface area contributed by atoms with Crippen LogP contribution in [-0.2, 0) is 16.1 Å². The predicted octanol–water partition coefficient (Wildman–Crippen LogP) is 3.32. The first-order chi connectivity index (χ1) is 13.0. The molecule has 5 nitrogen and oxygen atoms in total. The van der Waals surface area contributed by atoms with E-state index in [4.69, 9.17) is 10.5 Å². The number of nitrogens with zero attached hydrogens (tertiary/aromatic N) is 1. The largest absolute Gasteiger partial charge is 0.373 e. The Hall–Kier alpha value is -2.21. The lowest BCUT2D eigenvalue weighted by Crippen LogP contribution is -2.44. The van der Waals surface area contributed by atoms with Crippen LogP contribution in [0.3, 0.4) is 0 Å².